The summed E-state index contributed by atoms with van der Waals surface area (Å²) in [5.74, 6) is -1.75. The number of benzene rings is 1. The van der Waals surface area contributed by atoms with E-state index in [-0.39, 0.29) is 10.6 Å². The molecule has 0 amide bonds. The molecule has 108 valence electrons. The van der Waals surface area contributed by atoms with Crippen molar-refractivity contribution in [3.05, 3.63) is 54.5 Å². The number of sulfonamides is 1. The van der Waals surface area contributed by atoms with Gasteiger partial charge in [0.2, 0.25) is 0 Å². The standard InChI is InChI=1S/C12H8F2N4O2S/c13-8-3-9(14)5-10(4-8)17-21(19,20)11-1-2-12-16-15-7-18(12)6-11/h1-7,17H. The van der Waals surface area contributed by atoms with Crippen LogP contribution in [0.5, 0.6) is 0 Å². The number of hydrogen-bond acceptors (Lipinski definition) is 4. The van der Waals surface area contributed by atoms with E-state index in [4.69, 9.17) is 0 Å². The molecule has 0 atom stereocenters. The Kier molecular flexibility index (Phi) is 3.05. The van der Waals surface area contributed by atoms with Gasteiger partial charge in [0.05, 0.1) is 5.69 Å². The summed E-state index contributed by atoms with van der Waals surface area (Å²) in [6.45, 7) is 0. The van der Waals surface area contributed by atoms with Gasteiger partial charge in [0, 0.05) is 12.3 Å². The van der Waals surface area contributed by atoms with Gasteiger partial charge < -0.3 is 0 Å². The molecule has 3 rings (SSSR count). The Bertz CT molecular complexity index is 904. The molecule has 0 saturated heterocycles. The quantitative estimate of drug-likeness (QED) is 0.800. The summed E-state index contributed by atoms with van der Waals surface area (Å²) < 4.78 is 54.0. The Hall–Kier alpha value is -2.55. The molecule has 1 aromatic carbocycles. The summed E-state index contributed by atoms with van der Waals surface area (Å²) in [5.41, 5.74) is 0.280. The summed E-state index contributed by atoms with van der Waals surface area (Å²) in [6.07, 6.45) is 2.64. The molecule has 0 aliphatic heterocycles. The van der Waals surface area contributed by atoms with Gasteiger partial charge in [-0.1, -0.05) is 0 Å². The third-order valence-electron chi connectivity index (χ3n) is 2.69. The molecule has 6 nitrogen and oxygen atoms in total. The van der Waals surface area contributed by atoms with Crippen LogP contribution < -0.4 is 4.72 Å². The highest BCUT2D eigenvalue weighted by Crippen LogP contribution is 2.18. The van der Waals surface area contributed by atoms with Crippen molar-refractivity contribution < 1.29 is 17.2 Å². The van der Waals surface area contributed by atoms with E-state index in [0.717, 1.165) is 12.1 Å². The molecule has 0 spiro atoms. The highest BCUT2D eigenvalue weighted by atomic mass is 32.2. The molecular weight excluding hydrogens is 302 g/mol. The molecule has 2 heterocycles. The Morgan fingerprint density at radius 3 is 2.52 bits per heavy atom. The Morgan fingerprint density at radius 2 is 1.81 bits per heavy atom. The number of halogens is 2. The summed E-state index contributed by atoms with van der Waals surface area (Å²) in [4.78, 5) is -0.0838. The lowest BCUT2D eigenvalue weighted by molar-refractivity contribution is 0.584. The second-order valence-electron chi connectivity index (χ2n) is 4.22. The van der Waals surface area contributed by atoms with Gasteiger partial charge in [-0.3, -0.25) is 9.12 Å². The van der Waals surface area contributed by atoms with Crippen LogP contribution in [-0.2, 0) is 10.0 Å². The van der Waals surface area contributed by atoms with Gasteiger partial charge in [0.15, 0.2) is 5.65 Å². The van der Waals surface area contributed by atoms with Crippen molar-refractivity contribution in [2.45, 2.75) is 4.90 Å². The molecule has 0 radical (unpaired) electrons. The average molecular weight is 310 g/mol. The van der Waals surface area contributed by atoms with Gasteiger partial charge in [-0.2, -0.15) is 0 Å². The lowest BCUT2D eigenvalue weighted by atomic mass is 10.3. The summed E-state index contributed by atoms with van der Waals surface area (Å²) in [6, 6.07) is 5.21. The van der Waals surface area contributed by atoms with Crippen LogP contribution in [0.2, 0.25) is 0 Å². The molecular formula is C12H8F2N4O2S. The highest BCUT2D eigenvalue weighted by Gasteiger charge is 2.16. The Balaban J connectivity index is 1.99. The SMILES string of the molecule is O=S(=O)(Nc1cc(F)cc(F)c1)c1ccc2nncn2c1. The van der Waals surface area contributed by atoms with Gasteiger partial charge in [-0.25, -0.2) is 17.2 Å². The Morgan fingerprint density at radius 1 is 1.10 bits per heavy atom. The van der Waals surface area contributed by atoms with Crippen molar-refractivity contribution in [1.29, 1.82) is 0 Å². The van der Waals surface area contributed by atoms with Crippen LogP contribution in [-0.4, -0.2) is 23.0 Å². The summed E-state index contributed by atoms with van der Waals surface area (Å²) in [7, 11) is -3.98. The van der Waals surface area contributed by atoms with Crippen LogP contribution >= 0.6 is 0 Å². The fourth-order valence-electron chi connectivity index (χ4n) is 1.79. The average Bonchev–Trinajstić information content (AvgIpc) is 2.83. The fraction of sp³-hybridized carbons (Fsp3) is 0. The molecule has 21 heavy (non-hydrogen) atoms. The molecule has 0 aliphatic rings. The number of aromatic nitrogens is 3. The predicted octanol–water partition coefficient (Wildman–Crippen LogP) is 1.81. The molecule has 0 unspecified atom stereocenters. The number of hydrogen-bond donors (Lipinski definition) is 1. The maximum absolute atomic E-state index is 13.1. The van der Waals surface area contributed by atoms with Crippen LogP contribution in [0, 0.1) is 11.6 Å². The number of nitrogens with zero attached hydrogens (tertiary/aromatic N) is 3. The van der Waals surface area contributed by atoms with E-state index in [9.17, 15) is 17.2 Å². The minimum absolute atomic E-state index is 0.0838. The van der Waals surface area contributed by atoms with E-state index in [1.165, 1.54) is 29.1 Å². The largest absolute Gasteiger partial charge is 0.288 e. The lowest BCUT2D eigenvalue weighted by Gasteiger charge is -2.08. The number of nitrogens with one attached hydrogen (secondary N) is 1. The third-order valence-corrected chi connectivity index (χ3v) is 4.06. The first-order chi connectivity index (χ1) is 9.94. The molecule has 1 N–H and O–H groups in total. The maximum atomic E-state index is 13.1. The van der Waals surface area contributed by atoms with E-state index in [0.29, 0.717) is 11.7 Å². The van der Waals surface area contributed by atoms with E-state index in [1.807, 2.05) is 0 Å². The number of rotatable bonds is 3. The van der Waals surface area contributed by atoms with Gasteiger partial charge >= 0.3 is 0 Å². The van der Waals surface area contributed by atoms with Gasteiger partial charge in [-0.05, 0) is 24.3 Å². The summed E-state index contributed by atoms with van der Waals surface area (Å²) >= 11 is 0. The van der Waals surface area contributed by atoms with Gasteiger partial charge in [0.1, 0.15) is 22.9 Å². The first kappa shape index (κ1) is 13.4. The van der Waals surface area contributed by atoms with Crippen LogP contribution in [0.25, 0.3) is 5.65 Å². The van der Waals surface area contributed by atoms with Crippen LogP contribution in [0.4, 0.5) is 14.5 Å². The molecule has 2 aromatic heterocycles. The van der Waals surface area contributed by atoms with Crippen molar-refractivity contribution in [3.8, 4) is 0 Å². The minimum Gasteiger partial charge on any atom is -0.288 e. The van der Waals surface area contributed by atoms with E-state index in [1.54, 1.807) is 0 Å². The maximum Gasteiger partial charge on any atom is 0.263 e. The molecule has 3 aromatic rings. The second kappa shape index (κ2) is 4.77. The van der Waals surface area contributed by atoms with Crippen molar-refractivity contribution in [1.82, 2.24) is 14.6 Å². The predicted molar refractivity (Wildman–Crippen MR) is 70.2 cm³/mol. The molecule has 0 saturated carbocycles. The van der Waals surface area contributed by atoms with Crippen LogP contribution in [0.1, 0.15) is 0 Å². The van der Waals surface area contributed by atoms with E-state index < -0.39 is 21.7 Å². The summed E-state index contributed by atoms with van der Waals surface area (Å²) in [5, 5.41) is 7.38. The molecule has 0 fully saturated rings. The first-order valence-corrected chi connectivity index (χ1v) is 7.21. The van der Waals surface area contributed by atoms with Crippen LogP contribution in [0.15, 0.2) is 47.8 Å². The van der Waals surface area contributed by atoms with E-state index >= 15 is 0 Å². The first-order valence-electron chi connectivity index (χ1n) is 5.72. The number of fused-ring (bicyclic) bond motifs is 1. The van der Waals surface area contributed by atoms with Gasteiger partial charge in [0.25, 0.3) is 10.0 Å². The minimum atomic E-state index is -3.98. The zero-order chi connectivity index (χ0) is 15.0. The van der Waals surface area contributed by atoms with Crippen LogP contribution in [0.3, 0.4) is 0 Å². The van der Waals surface area contributed by atoms with Crippen molar-refractivity contribution in [2.24, 2.45) is 0 Å². The lowest BCUT2D eigenvalue weighted by Crippen LogP contribution is -2.13. The zero-order valence-electron chi connectivity index (χ0n) is 10.4. The smallest absolute Gasteiger partial charge is 0.263 e. The second-order valence-corrected chi connectivity index (χ2v) is 5.91. The number of pyridine rings is 1. The van der Waals surface area contributed by atoms with Gasteiger partial charge in [-0.15, -0.1) is 10.2 Å². The fourth-order valence-corrected chi connectivity index (χ4v) is 2.84. The molecule has 9 heteroatoms. The molecule has 0 aliphatic carbocycles. The normalized spacial score (nSPS) is 11.7. The van der Waals surface area contributed by atoms with Crippen molar-refractivity contribution >= 4 is 21.4 Å². The molecule has 0 bridgehead atoms. The van der Waals surface area contributed by atoms with Crippen molar-refractivity contribution in [3.63, 3.8) is 0 Å². The topological polar surface area (TPSA) is 76.4 Å². The highest BCUT2D eigenvalue weighted by molar-refractivity contribution is 7.92. The zero-order valence-corrected chi connectivity index (χ0v) is 11.2. The number of anilines is 1. The van der Waals surface area contributed by atoms with Crippen molar-refractivity contribution in [2.75, 3.05) is 4.72 Å². The Labute approximate surface area is 118 Å². The van der Waals surface area contributed by atoms with E-state index in [2.05, 4.69) is 14.9 Å². The monoisotopic (exact) mass is 310 g/mol. The third kappa shape index (κ3) is 2.68.